The molecule has 0 bridgehead atoms. The van der Waals surface area contributed by atoms with Gasteiger partial charge in [-0.05, 0) is 45.1 Å². The van der Waals surface area contributed by atoms with E-state index in [9.17, 15) is 4.79 Å². The standard InChI is InChI=1S/C18H20BrN3O2/c1-18(2,3)14-6-7-16(15(19)9-14)24-12-17(23)22-21-11-13-5-4-8-20-10-13/h4-11H,12H2,1-3H3,(H,22,23)/b21-11-. The molecule has 2 rings (SSSR count). The summed E-state index contributed by atoms with van der Waals surface area (Å²) in [6, 6.07) is 9.50. The number of benzene rings is 1. The van der Waals surface area contributed by atoms with Crippen molar-refractivity contribution >= 4 is 28.1 Å². The lowest BCUT2D eigenvalue weighted by Gasteiger charge is -2.20. The normalized spacial score (nSPS) is 11.5. The fraction of sp³-hybridized carbons (Fsp3) is 0.278. The molecule has 0 radical (unpaired) electrons. The van der Waals surface area contributed by atoms with Crippen molar-refractivity contribution in [2.45, 2.75) is 26.2 Å². The van der Waals surface area contributed by atoms with Gasteiger partial charge in [0.05, 0.1) is 10.7 Å². The molecular formula is C18H20BrN3O2. The molecule has 6 heteroatoms. The van der Waals surface area contributed by atoms with E-state index in [4.69, 9.17) is 4.74 Å². The van der Waals surface area contributed by atoms with Crippen LogP contribution < -0.4 is 10.2 Å². The number of nitrogens with one attached hydrogen (secondary N) is 1. The first-order valence-electron chi connectivity index (χ1n) is 7.51. The van der Waals surface area contributed by atoms with Crippen molar-refractivity contribution in [2.24, 2.45) is 5.10 Å². The van der Waals surface area contributed by atoms with E-state index in [1.807, 2.05) is 24.3 Å². The minimum Gasteiger partial charge on any atom is -0.483 e. The zero-order chi connectivity index (χ0) is 17.6. The Morgan fingerprint density at radius 1 is 1.38 bits per heavy atom. The zero-order valence-electron chi connectivity index (χ0n) is 13.9. The number of pyridine rings is 1. The van der Waals surface area contributed by atoms with Crippen LogP contribution in [0.25, 0.3) is 0 Å². The predicted molar refractivity (Wildman–Crippen MR) is 98.3 cm³/mol. The van der Waals surface area contributed by atoms with Crippen LogP contribution in [0.1, 0.15) is 31.9 Å². The number of halogens is 1. The summed E-state index contributed by atoms with van der Waals surface area (Å²) in [4.78, 5) is 15.7. The van der Waals surface area contributed by atoms with Crippen molar-refractivity contribution in [3.63, 3.8) is 0 Å². The Labute approximate surface area is 150 Å². The number of carbonyl (C=O) groups excluding carboxylic acids is 1. The Balaban J connectivity index is 1.87. The van der Waals surface area contributed by atoms with Gasteiger partial charge in [0.1, 0.15) is 5.75 Å². The van der Waals surface area contributed by atoms with E-state index in [1.165, 1.54) is 11.8 Å². The Hall–Kier alpha value is -2.21. The summed E-state index contributed by atoms with van der Waals surface area (Å²) in [6.07, 6.45) is 4.85. The van der Waals surface area contributed by atoms with E-state index >= 15 is 0 Å². The van der Waals surface area contributed by atoms with E-state index in [2.05, 4.69) is 52.2 Å². The fourth-order valence-electron chi connectivity index (χ4n) is 1.89. The van der Waals surface area contributed by atoms with Gasteiger partial charge in [0.2, 0.25) is 0 Å². The van der Waals surface area contributed by atoms with E-state index in [1.54, 1.807) is 18.5 Å². The van der Waals surface area contributed by atoms with Crippen molar-refractivity contribution in [3.05, 3.63) is 58.3 Å². The second-order valence-electron chi connectivity index (χ2n) is 6.26. The minimum atomic E-state index is -0.332. The molecule has 1 aromatic heterocycles. The number of hydrogen-bond acceptors (Lipinski definition) is 4. The molecule has 1 heterocycles. The maximum absolute atomic E-state index is 11.8. The third kappa shape index (κ3) is 5.45. The van der Waals surface area contributed by atoms with E-state index in [0.717, 1.165) is 10.0 Å². The Kier molecular flexibility index (Phi) is 6.09. The van der Waals surface area contributed by atoms with Crippen LogP contribution >= 0.6 is 15.9 Å². The van der Waals surface area contributed by atoms with Crippen molar-refractivity contribution in [1.29, 1.82) is 0 Å². The third-order valence-corrected chi connectivity index (χ3v) is 3.86. The minimum absolute atomic E-state index is 0.0550. The lowest BCUT2D eigenvalue weighted by atomic mass is 9.87. The maximum atomic E-state index is 11.8. The lowest BCUT2D eigenvalue weighted by Crippen LogP contribution is -2.24. The highest BCUT2D eigenvalue weighted by atomic mass is 79.9. The van der Waals surface area contributed by atoms with E-state index in [-0.39, 0.29) is 17.9 Å². The van der Waals surface area contributed by atoms with Gasteiger partial charge in [0.25, 0.3) is 5.91 Å². The van der Waals surface area contributed by atoms with Crippen LogP contribution in [-0.2, 0) is 10.2 Å². The van der Waals surface area contributed by atoms with Gasteiger partial charge in [0, 0.05) is 18.0 Å². The summed E-state index contributed by atoms with van der Waals surface area (Å²) in [7, 11) is 0. The molecule has 1 amide bonds. The van der Waals surface area contributed by atoms with E-state index < -0.39 is 0 Å². The smallest absolute Gasteiger partial charge is 0.277 e. The summed E-state index contributed by atoms with van der Waals surface area (Å²) in [5, 5.41) is 3.87. The number of hydrogen-bond donors (Lipinski definition) is 1. The van der Waals surface area contributed by atoms with Crippen LogP contribution in [0.4, 0.5) is 0 Å². The molecule has 1 N–H and O–H groups in total. The molecule has 0 unspecified atom stereocenters. The first-order valence-corrected chi connectivity index (χ1v) is 8.30. The predicted octanol–water partition coefficient (Wildman–Crippen LogP) is 3.67. The summed E-state index contributed by atoms with van der Waals surface area (Å²) in [5.74, 6) is 0.288. The topological polar surface area (TPSA) is 63.6 Å². The molecule has 0 saturated heterocycles. The molecule has 2 aromatic rings. The highest BCUT2D eigenvalue weighted by Crippen LogP contribution is 2.31. The molecule has 0 saturated carbocycles. The Morgan fingerprint density at radius 3 is 2.79 bits per heavy atom. The number of ether oxygens (including phenoxy) is 1. The molecule has 0 aliphatic rings. The first-order chi connectivity index (χ1) is 11.4. The monoisotopic (exact) mass is 389 g/mol. The number of aromatic nitrogens is 1. The highest BCUT2D eigenvalue weighted by molar-refractivity contribution is 9.10. The van der Waals surface area contributed by atoms with Gasteiger partial charge in [0.15, 0.2) is 6.61 Å². The van der Waals surface area contributed by atoms with Gasteiger partial charge in [-0.2, -0.15) is 5.10 Å². The molecular weight excluding hydrogens is 370 g/mol. The van der Waals surface area contributed by atoms with Crippen LogP contribution in [0, 0.1) is 0 Å². The average molecular weight is 390 g/mol. The second-order valence-corrected chi connectivity index (χ2v) is 7.12. The Morgan fingerprint density at radius 2 is 2.17 bits per heavy atom. The number of carbonyl (C=O) groups is 1. The molecule has 0 spiro atoms. The van der Waals surface area contributed by atoms with Gasteiger partial charge < -0.3 is 4.74 Å². The lowest BCUT2D eigenvalue weighted by molar-refractivity contribution is -0.123. The molecule has 0 fully saturated rings. The third-order valence-electron chi connectivity index (χ3n) is 3.24. The van der Waals surface area contributed by atoms with Crippen molar-refractivity contribution in [2.75, 3.05) is 6.61 Å². The van der Waals surface area contributed by atoms with Gasteiger partial charge >= 0.3 is 0 Å². The second kappa shape index (κ2) is 8.06. The maximum Gasteiger partial charge on any atom is 0.277 e. The van der Waals surface area contributed by atoms with Gasteiger partial charge in [-0.1, -0.05) is 32.9 Å². The summed E-state index contributed by atoms with van der Waals surface area (Å²) in [6.45, 7) is 6.31. The molecule has 5 nitrogen and oxygen atoms in total. The summed E-state index contributed by atoms with van der Waals surface area (Å²) >= 11 is 3.48. The van der Waals surface area contributed by atoms with Gasteiger partial charge in [-0.25, -0.2) is 5.43 Å². The van der Waals surface area contributed by atoms with E-state index in [0.29, 0.717) is 5.75 Å². The molecule has 126 valence electrons. The number of nitrogens with zero attached hydrogens (tertiary/aromatic N) is 2. The summed E-state index contributed by atoms with van der Waals surface area (Å²) < 4.78 is 6.34. The highest BCUT2D eigenvalue weighted by Gasteiger charge is 2.15. The largest absolute Gasteiger partial charge is 0.483 e. The molecule has 0 aliphatic heterocycles. The molecule has 1 aromatic carbocycles. The van der Waals surface area contributed by atoms with Crippen molar-refractivity contribution in [3.8, 4) is 5.75 Å². The van der Waals surface area contributed by atoms with Crippen molar-refractivity contribution in [1.82, 2.24) is 10.4 Å². The van der Waals surface area contributed by atoms with Crippen LogP contribution in [0.15, 0.2) is 52.3 Å². The molecule has 24 heavy (non-hydrogen) atoms. The van der Waals surface area contributed by atoms with Gasteiger partial charge in [-0.15, -0.1) is 0 Å². The Bertz CT molecular complexity index is 725. The molecule has 0 aliphatic carbocycles. The van der Waals surface area contributed by atoms with Crippen LogP contribution in [0.2, 0.25) is 0 Å². The van der Waals surface area contributed by atoms with Crippen molar-refractivity contribution < 1.29 is 9.53 Å². The number of hydrazone groups is 1. The quantitative estimate of drug-likeness (QED) is 0.626. The van der Waals surface area contributed by atoms with Crippen LogP contribution in [0.3, 0.4) is 0 Å². The van der Waals surface area contributed by atoms with Gasteiger partial charge in [-0.3, -0.25) is 9.78 Å². The average Bonchev–Trinajstić information content (AvgIpc) is 2.54. The fourth-order valence-corrected chi connectivity index (χ4v) is 2.38. The number of rotatable bonds is 5. The zero-order valence-corrected chi connectivity index (χ0v) is 15.5. The van der Waals surface area contributed by atoms with Crippen LogP contribution in [-0.4, -0.2) is 23.7 Å². The molecule has 0 atom stereocenters. The summed E-state index contributed by atoms with van der Waals surface area (Å²) in [5.41, 5.74) is 4.47. The van der Waals surface area contributed by atoms with Crippen LogP contribution in [0.5, 0.6) is 5.75 Å². The number of amides is 1. The first kappa shape index (κ1) is 18.1. The SMILES string of the molecule is CC(C)(C)c1ccc(OCC(=O)N/N=C\c2cccnc2)c(Br)c1.